The maximum absolute atomic E-state index is 10.2. The highest BCUT2D eigenvalue weighted by atomic mass is 16.3. The van der Waals surface area contributed by atoms with Gasteiger partial charge >= 0.3 is 0 Å². The van der Waals surface area contributed by atoms with Crippen LogP contribution in [0.3, 0.4) is 0 Å². The molecule has 0 bridgehead atoms. The number of hydrogen-bond donors (Lipinski definition) is 2. The minimum atomic E-state index is 0.204. The van der Waals surface area contributed by atoms with E-state index in [9.17, 15) is 10.2 Å². The molecule has 0 aliphatic rings. The minimum absolute atomic E-state index is 0.204. The average molecular weight is 262 g/mol. The first kappa shape index (κ1) is 12.3. The Bertz CT molecular complexity index is 733. The zero-order valence-electron chi connectivity index (χ0n) is 10.8. The quantitative estimate of drug-likeness (QED) is 0.717. The van der Waals surface area contributed by atoms with Crippen LogP contribution in [0.15, 0.2) is 72.8 Å². The van der Waals surface area contributed by atoms with Crippen LogP contribution in [0.2, 0.25) is 0 Å². The molecule has 0 aromatic heterocycles. The second kappa shape index (κ2) is 5.10. The molecule has 0 fully saturated rings. The third-order valence-corrected chi connectivity index (χ3v) is 3.30. The number of hydrogen-bond acceptors (Lipinski definition) is 2. The lowest BCUT2D eigenvalue weighted by Crippen LogP contribution is -1.86. The van der Waals surface area contributed by atoms with Crippen molar-refractivity contribution in [3.8, 4) is 33.8 Å². The first-order chi connectivity index (χ1) is 9.77. The Kier molecular flexibility index (Phi) is 3.13. The van der Waals surface area contributed by atoms with Crippen molar-refractivity contribution in [2.24, 2.45) is 0 Å². The Morgan fingerprint density at radius 3 is 1.85 bits per heavy atom. The van der Waals surface area contributed by atoms with Crippen molar-refractivity contribution in [1.29, 1.82) is 0 Å². The molecule has 0 atom stereocenters. The summed E-state index contributed by atoms with van der Waals surface area (Å²) in [6.45, 7) is 0. The molecule has 0 aliphatic carbocycles. The summed E-state index contributed by atoms with van der Waals surface area (Å²) < 4.78 is 0. The number of phenols is 2. The summed E-state index contributed by atoms with van der Waals surface area (Å²) in [5, 5.41) is 20.3. The van der Waals surface area contributed by atoms with Gasteiger partial charge in [0.05, 0.1) is 0 Å². The van der Waals surface area contributed by atoms with E-state index in [1.807, 2.05) is 48.5 Å². The number of benzene rings is 3. The minimum Gasteiger partial charge on any atom is -0.507 e. The van der Waals surface area contributed by atoms with Crippen molar-refractivity contribution < 1.29 is 10.2 Å². The lowest BCUT2D eigenvalue weighted by Gasteiger charge is -2.13. The number of rotatable bonds is 2. The fraction of sp³-hybridized carbons (Fsp3) is 0. The molecule has 98 valence electrons. The van der Waals surface area contributed by atoms with Crippen LogP contribution in [-0.4, -0.2) is 10.2 Å². The standard InChI is InChI=1S/C18H14O2/c19-16-11-5-4-9-14(16)15-10-6-12-17(20)18(15)13-7-2-1-3-8-13/h1-12,19-20H. The molecule has 0 radical (unpaired) electrons. The van der Waals surface area contributed by atoms with Crippen LogP contribution in [0, 0.1) is 0 Å². The molecule has 0 amide bonds. The summed E-state index contributed by atoms with van der Waals surface area (Å²) in [6, 6.07) is 22.2. The highest BCUT2D eigenvalue weighted by Gasteiger charge is 2.13. The predicted octanol–water partition coefficient (Wildman–Crippen LogP) is 4.43. The molecule has 0 aliphatic heterocycles. The van der Waals surface area contributed by atoms with E-state index in [-0.39, 0.29) is 11.5 Å². The number of aromatic hydroxyl groups is 2. The van der Waals surface area contributed by atoms with Crippen LogP contribution in [0.25, 0.3) is 22.3 Å². The molecule has 0 heterocycles. The smallest absolute Gasteiger partial charge is 0.124 e. The van der Waals surface area contributed by atoms with Crippen molar-refractivity contribution in [2.45, 2.75) is 0 Å². The Morgan fingerprint density at radius 2 is 1.10 bits per heavy atom. The van der Waals surface area contributed by atoms with Crippen LogP contribution >= 0.6 is 0 Å². The topological polar surface area (TPSA) is 40.5 Å². The molecule has 20 heavy (non-hydrogen) atoms. The van der Waals surface area contributed by atoms with Gasteiger partial charge < -0.3 is 10.2 Å². The van der Waals surface area contributed by atoms with Crippen molar-refractivity contribution >= 4 is 0 Å². The summed E-state index contributed by atoms with van der Waals surface area (Å²) >= 11 is 0. The molecule has 0 saturated carbocycles. The van der Waals surface area contributed by atoms with E-state index in [0.29, 0.717) is 5.56 Å². The van der Waals surface area contributed by atoms with Crippen molar-refractivity contribution in [1.82, 2.24) is 0 Å². The lowest BCUT2D eigenvalue weighted by atomic mass is 9.93. The Labute approximate surface area is 117 Å². The molecule has 2 N–H and O–H groups in total. The van der Waals surface area contributed by atoms with Gasteiger partial charge in [-0.15, -0.1) is 0 Å². The van der Waals surface area contributed by atoms with Gasteiger partial charge in [0.2, 0.25) is 0 Å². The van der Waals surface area contributed by atoms with Crippen molar-refractivity contribution in [3.63, 3.8) is 0 Å². The fourth-order valence-corrected chi connectivity index (χ4v) is 2.37. The fourth-order valence-electron chi connectivity index (χ4n) is 2.37. The number of para-hydroxylation sites is 1. The van der Waals surface area contributed by atoms with Gasteiger partial charge in [-0.05, 0) is 23.3 Å². The predicted molar refractivity (Wildman–Crippen MR) is 80.6 cm³/mol. The molecule has 0 saturated heterocycles. The molecule has 3 rings (SSSR count). The van der Waals surface area contributed by atoms with E-state index < -0.39 is 0 Å². The summed E-state index contributed by atoms with van der Waals surface area (Å²) in [6.07, 6.45) is 0. The van der Waals surface area contributed by atoms with E-state index in [2.05, 4.69) is 0 Å². The van der Waals surface area contributed by atoms with E-state index in [1.165, 1.54) is 0 Å². The van der Waals surface area contributed by atoms with Crippen LogP contribution in [-0.2, 0) is 0 Å². The zero-order valence-corrected chi connectivity index (χ0v) is 10.8. The summed E-state index contributed by atoms with van der Waals surface area (Å²) in [7, 11) is 0. The first-order valence-corrected chi connectivity index (χ1v) is 6.43. The van der Waals surface area contributed by atoms with Gasteiger partial charge in [-0.2, -0.15) is 0 Å². The molecule has 0 unspecified atom stereocenters. The summed E-state index contributed by atoms with van der Waals surface area (Å²) in [5.41, 5.74) is 3.18. The maximum atomic E-state index is 10.2. The molecule has 3 aromatic rings. The zero-order chi connectivity index (χ0) is 13.9. The van der Waals surface area contributed by atoms with Crippen LogP contribution in [0.1, 0.15) is 0 Å². The van der Waals surface area contributed by atoms with E-state index in [0.717, 1.165) is 16.7 Å². The van der Waals surface area contributed by atoms with Gasteiger partial charge in [0.25, 0.3) is 0 Å². The molecule has 2 nitrogen and oxygen atoms in total. The van der Waals surface area contributed by atoms with Crippen molar-refractivity contribution in [2.75, 3.05) is 0 Å². The van der Waals surface area contributed by atoms with Crippen molar-refractivity contribution in [3.05, 3.63) is 72.8 Å². The molecular weight excluding hydrogens is 248 g/mol. The Hall–Kier alpha value is -2.74. The van der Waals surface area contributed by atoms with Crippen LogP contribution < -0.4 is 0 Å². The first-order valence-electron chi connectivity index (χ1n) is 6.43. The Morgan fingerprint density at radius 1 is 0.500 bits per heavy atom. The van der Waals surface area contributed by atoms with E-state index >= 15 is 0 Å². The van der Waals surface area contributed by atoms with Gasteiger partial charge in [0.15, 0.2) is 0 Å². The third-order valence-electron chi connectivity index (χ3n) is 3.30. The second-order valence-corrected chi connectivity index (χ2v) is 4.58. The normalized spacial score (nSPS) is 10.4. The third kappa shape index (κ3) is 2.12. The lowest BCUT2D eigenvalue weighted by molar-refractivity contribution is 0.475. The van der Waals surface area contributed by atoms with Crippen LogP contribution in [0.5, 0.6) is 11.5 Å². The second-order valence-electron chi connectivity index (χ2n) is 4.58. The SMILES string of the molecule is Oc1ccccc1-c1cccc(O)c1-c1ccccc1. The summed E-state index contributed by atoms with van der Waals surface area (Å²) in [4.78, 5) is 0. The van der Waals surface area contributed by atoms with Gasteiger partial charge in [-0.25, -0.2) is 0 Å². The molecular formula is C18H14O2. The van der Waals surface area contributed by atoms with E-state index in [4.69, 9.17) is 0 Å². The average Bonchev–Trinajstić information content (AvgIpc) is 2.48. The van der Waals surface area contributed by atoms with E-state index in [1.54, 1.807) is 24.3 Å². The molecule has 0 spiro atoms. The van der Waals surface area contributed by atoms with Crippen LogP contribution in [0.4, 0.5) is 0 Å². The Balaban J connectivity index is 2.28. The largest absolute Gasteiger partial charge is 0.507 e. The molecule has 3 aromatic carbocycles. The van der Waals surface area contributed by atoms with Gasteiger partial charge in [0, 0.05) is 11.1 Å². The van der Waals surface area contributed by atoms with Gasteiger partial charge in [-0.1, -0.05) is 60.7 Å². The highest BCUT2D eigenvalue weighted by Crippen LogP contribution is 2.41. The van der Waals surface area contributed by atoms with Gasteiger partial charge in [-0.3, -0.25) is 0 Å². The molecule has 2 heteroatoms. The number of phenolic OH excluding ortho intramolecular Hbond substituents is 2. The monoisotopic (exact) mass is 262 g/mol. The summed E-state index contributed by atoms with van der Waals surface area (Å²) in [5.74, 6) is 0.409. The highest BCUT2D eigenvalue weighted by molar-refractivity contribution is 5.89. The van der Waals surface area contributed by atoms with Gasteiger partial charge in [0.1, 0.15) is 11.5 Å². The maximum Gasteiger partial charge on any atom is 0.124 e.